The summed E-state index contributed by atoms with van der Waals surface area (Å²) >= 11 is 0. The zero-order valence-corrected chi connectivity index (χ0v) is 12.4. The molecule has 0 unspecified atom stereocenters. The van der Waals surface area contributed by atoms with Crippen LogP contribution in [0, 0.1) is 0 Å². The van der Waals surface area contributed by atoms with E-state index in [-0.39, 0.29) is 24.4 Å². The molecule has 1 aliphatic carbocycles. The molecule has 2 aliphatic heterocycles. The summed E-state index contributed by atoms with van der Waals surface area (Å²) in [6.45, 7) is 0.680. The van der Waals surface area contributed by atoms with E-state index in [1.807, 2.05) is 12.1 Å². The average molecular weight is 300 g/mol. The molecule has 0 aromatic heterocycles. The fraction of sp³-hybridized carbons (Fsp3) is 0.529. The van der Waals surface area contributed by atoms with Crippen molar-refractivity contribution >= 4 is 11.8 Å². The Labute approximate surface area is 129 Å². The van der Waals surface area contributed by atoms with Gasteiger partial charge in [-0.2, -0.15) is 0 Å². The zero-order valence-electron chi connectivity index (χ0n) is 12.4. The summed E-state index contributed by atoms with van der Waals surface area (Å²) in [4.78, 5) is 28.6. The van der Waals surface area contributed by atoms with Crippen molar-refractivity contribution in [2.24, 2.45) is 0 Å². The minimum Gasteiger partial charge on any atom is -0.393 e. The van der Waals surface area contributed by atoms with Crippen molar-refractivity contribution in [2.45, 2.75) is 43.9 Å². The fourth-order valence-corrected chi connectivity index (χ4v) is 4.05. The first-order valence-corrected chi connectivity index (χ1v) is 7.98. The third-order valence-electron chi connectivity index (χ3n) is 5.24. The number of hydrogen-bond acceptors (Lipinski definition) is 3. The van der Waals surface area contributed by atoms with Gasteiger partial charge in [0, 0.05) is 19.0 Å². The molecular weight excluding hydrogens is 280 g/mol. The standard InChI is InChI=1S/C17H20N2O3/c20-14-5-6-18-15(9-14)17(22)19(10-16(18)21)13-7-11-3-1-2-4-12(11)8-13/h1-4,13-15,20H,5-10H2/t14-,15+/m0/s1. The van der Waals surface area contributed by atoms with Crippen molar-refractivity contribution in [3.8, 4) is 0 Å². The van der Waals surface area contributed by atoms with Gasteiger partial charge >= 0.3 is 0 Å². The van der Waals surface area contributed by atoms with Gasteiger partial charge in [0.25, 0.3) is 0 Å². The summed E-state index contributed by atoms with van der Waals surface area (Å²) in [6, 6.07) is 7.85. The van der Waals surface area contributed by atoms with Crippen molar-refractivity contribution in [3.63, 3.8) is 0 Å². The van der Waals surface area contributed by atoms with Crippen LogP contribution in [0.3, 0.4) is 0 Å². The van der Waals surface area contributed by atoms with Crippen LogP contribution >= 0.6 is 0 Å². The summed E-state index contributed by atoms with van der Waals surface area (Å²) in [5, 5.41) is 9.84. The quantitative estimate of drug-likeness (QED) is 0.814. The molecule has 1 aromatic carbocycles. The molecule has 0 spiro atoms. The third-order valence-corrected chi connectivity index (χ3v) is 5.24. The highest BCUT2D eigenvalue weighted by Gasteiger charge is 2.45. The number of carbonyl (C=O) groups excluding carboxylic acids is 2. The van der Waals surface area contributed by atoms with Crippen LogP contribution in [0.1, 0.15) is 24.0 Å². The molecule has 2 amide bonds. The Morgan fingerprint density at radius 3 is 2.41 bits per heavy atom. The largest absolute Gasteiger partial charge is 0.393 e. The monoisotopic (exact) mass is 300 g/mol. The molecule has 2 heterocycles. The zero-order chi connectivity index (χ0) is 15.3. The van der Waals surface area contributed by atoms with E-state index < -0.39 is 12.1 Å². The molecule has 116 valence electrons. The second-order valence-electron chi connectivity index (χ2n) is 6.58. The maximum Gasteiger partial charge on any atom is 0.246 e. The molecule has 4 rings (SSSR count). The minimum absolute atomic E-state index is 0.0103. The van der Waals surface area contributed by atoms with Gasteiger partial charge in [-0.25, -0.2) is 0 Å². The average Bonchev–Trinajstić information content (AvgIpc) is 2.94. The maximum absolute atomic E-state index is 12.8. The number of amides is 2. The summed E-state index contributed by atoms with van der Waals surface area (Å²) in [6.07, 6.45) is 2.12. The Morgan fingerprint density at radius 2 is 1.73 bits per heavy atom. The van der Waals surface area contributed by atoms with Crippen LogP contribution in [0.25, 0.3) is 0 Å². The lowest BCUT2D eigenvalue weighted by molar-refractivity contribution is -0.162. The molecule has 2 fully saturated rings. The van der Waals surface area contributed by atoms with Crippen LogP contribution in [0.15, 0.2) is 24.3 Å². The van der Waals surface area contributed by atoms with Crippen molar-refractivity contribution in [1.82, 2.24) is 9.80 Å². The fourth-order valence-electron chi connectivity index (χ4n) is 4.05. The van der Waals surface area contributed by atoms with Gasteiger partial charge in [-0.15, -0.1) is 0 Å². The lowest BCUT2D eigenvalue weighted by Gasteiger charge is -2.45. The molecule has 5 heteroatoms. The van der Waals surface area contributed by atoms with E-state index in [0.717, 1.165) is 12.8 Å². The van der Waals surface area contributed by atoms with Gasteiger partial charge in [-0.1, -0.05) is 24.3 Å². The normalized spacial score (nSPS) is 28.8. The van der Waals surface area contributed by atoms with Crippen LogP contribution in [-0.2, 0) is 22.4 Å². The highest BCUT2D eigenvalue weighted by atomic mass is 16.3. The number of fused-ring (bicyclic) bond motifs is 2. The molecule has 1 aromatic rings. The Hall–Kier alpha value is -1.88. The molecule has 0 bridgehead atoms. The van der Waals surface area contributed by atoms with E-state index in [9.17, 15) is 14.7 Å². The second-order valence-corrected chi connectivity index (χ2v) is 6.58. The SMILES string of the molecule is O=C1[C@H]2C[C@@H](O)CCN2C(=O)CN1C1Cc2ccccc2C1. The summed E-state index contributed by atoms with van der Waals surface area (Å²) in [5.41, 5.74) is 2.55. The van der Waals surface area contributed by atoms with Crippen molar-refractivity contribution in [2.75, 3.05) is 13.1 Å². The summed E-state index contributed by atoms with van der Waals surface area (Å²) in [7, 11) is 0. The van der Waals surface area contributed by atoms with Crippen molar-refractivity contribution in [3.05, 3.63) is 35.4 Å². The molecule has 0 radical (unpaired) electrons. The Morgan fingerprint density at radius 1 is 1.05 bits per heavy atom. The van der Waals surface area contributed by atoms with E-state index in [4.69, 9.17) is 0 Å². The van der Waals surface area contributed by atoms with Crippen LogP contribution in [0.4, 0.5) is 0 Å². The summed E-state index contributed by atoms with van der Waals surface area (Å²) in [5.74, 6) is 0.0311. The maximum atomic E-state index is 12.8. The van der Waals surface area contributed by atoms with Crippen LogP contribution < -0.4 is 0 Å². The van der Waals surface area contributed by atoms with Gasteiger partial charge in [0.1, 0.15) is 12.6 Å². The molecule has 3 aliphatic rings. The van der Waals surface area contributed by atoms with E-state index in [2.05, 4.69) is 12.1 Å². The first-order chi connectivity index (χ1) is 10.6. The molecule has 22 heavy (non-hydrogen) atoms. The van der Waals surface area contributed by atoms with E-state index in [1.165, 1.54) is 11.1 Å². The van der Waals surface area contributed by atoms with Gasteiger partial charge in [0.05, 0.1) is 6.10 Å². The molecule has 2 atom stereocenters. The number of benzene rings is 1. The van der Waals surface area contributed by atoms with Crippen LogP contribution in [-0.4, -0.2) is 58.0 Å². The summed E-state index contributed by atoms with van der Waals surface area (Å²) < 4.78 is 0. The van der Waals surface area contributed by atoms with Crippen LogP contribution in [0.5, 0.6) is 0 Å². The van der Waals surface area contributed by atoms with Gasteiger partial charge in [0.15, 0.2) is 0 Å². The highest BCUT2D eigenvalue weighted by Crippen LogP contribution is 2.30. The van der Waals surface area contributed by atoms with E-state index in [1.54, 1.807) is 9.80 Å². The number of nitrogens with zero attached hydrogens (tertiary/aromatic N) is 2. The molecule has 5 nitrogen and oxygen atoms in total. The lowest BCUT2D eigenvalue weighted by atomic mass is 9.95. The Bertz CT molecular complexity index is 605. The van der Waals surface area contributed by atoms with Crippen LogP contribution in [0.2, 0.25) is 0 Å². The number of piperazine rings is 1. The topological polar surface area (TPSA) is 60.9 Å². The Kier molecular flexibility index (Phi) is 3.18. The second kappa shape index (κ2) is 5.09. The van der Waals surface area contributed by atoms with Gasteiger partial charge in [-0.05, 0) is 30.4 Å². The van der Waals surface area contributed by atoms with Crippen molar-refractivity contribution < 1.29 is 14.7 Å². The van der Waals surface area contributed by atoms with Crippen molar-refractivity contribution in [1.29, 1.82) is 0 Å². The lowest BCUT2D eigenvalue weighted by Crippen LogP contribution is -2.64. The Balaban J connectivity index is 1.56. The van der Waals surface area contributed by atoms with Gasteiger partial charge < -0.3 is 14.9 Å². The number of piperidine rings is 1. The number of carbonyl (C=O) groups is 2. The third kappa shape index (κ3) is 2.11. The molecule has 0 saturated carbocycles. The molecule has 2 saturated heterocycles. The predicted molar refractivity (Wildman–Crippen MR) is 80.1 cm³/mol. The first kappa shape index (κ1) is 13.8. The number of aliphatic hydroxyl groups is 1. The van der Waals surface area contributed by atoms with E-state index in [0.29, 0.717) is 19.4 Å². The van der Waals surface area contributed by atoms with E-state index >= 15 is 0 Å². The molecule has 1 N–H and O–H groups in total. The number of aliphatic hydroxyl groups excluding tert-OH is 1. The van der Waals surface area contributed by atoms with Gasteiger partial charge in [0.2, 0.25) is 11.8 Å². The molecular formula is C17H20N2O3. The number of rotatable bonds is 1. The highest BCUT2D eigenvalue weighted by molar-refractivity contribution is 5.95. The van der Waals surface area contributed by atoms with Gasteiger partial charge in [-0.3, -0.25) is 9.59 Å². The number of hydrogen-bond donors (Lipinski definition) is 1. The first-order valence-electron chi connectivity index (χ1n) is 7.98. The smallest absolute Gasteiger partial charge is 0.246 e. The minimum atomic E-state index is -0.473. The predicted octanol–water partition coefficient (Wildman–Crippen LogP) is 0.348.